The van der Waals surface area contributed by atoms with Gasteiger partial charge in [0.05, 0.1) is 18.1 Å². The van der Waals surface area contributed by atoms with Crippen LogP contribution in [0.5, 0.6) is 5.75 Å². The van der Waals surface area contributed by atoms with E-state index in [9.17, 15) is 18.7 Å². The lowest BCUT2D eigenvalue weighted by atomic mass is 10.0. The van der Waals surface area contributed by atoms with Gasteiger partial charge in [0, 0.05) is 24.3 Å². The average molecular weight is 333 g/mol. The normalized spacial score (nSPS) is 19.2. The van der Waals surface area contributed by atoms with Crippen molar-refractivity contribution in [3.8, 4) is 17.1 Å². The maximum absolute atomic E-state index is 13.6. The second kappa shape index (κ2) is 6.51. The van der Waals surface area contributed by atoms with Crippen LogP contribution in [0.15, 0.2) is 36.7 Å². The van der Waals surface area contributed by atoms with E-state index in [-0.39, 0.29) is 18.6 Å². The van der Waals surface area contributed by atoms with Gasteiger partial charge in [0.1, 0.15) is 5.75 Å². The van der Waals surface area contributed by atoms with E-state index >= 15 is 0 Å². The predicted octanol–water partition coefficient (Wildman–Crippen LogP) is 3.61. The molecule has 7 heteroatoms. The summed E-state index contributed by atoms with van der Waals surface area (Å²) in [5, 5.41) is 12.0. The number of alkyl halides is 2. The topological polar surface area (TPSA) is 75.1 Å². The van der Waals surface area contributed by atoms with E-state index in [0.29, 0.717) is 29.9 Å². The minimum atomic E-state index is -2.76. The Morgan fingerprint density at radius 1 is 1.33 bits per heavy atom. The molecule has 0 spiro atoms. The van der Waals surface area contributed by atoms with Crippen LogP contribution in [0, 0.1) is 5.92 Å². The molecular weight excluding hydrogens is 316 g/mol. The maximum atomic E-state index is 13.6. The standard InChI is InChI=1S/C17H17F2N3O2/c18-17(19)6-2-4-12(17)8-15(24)22-13-9-20-16(21-10-13)11-3-1-5-14(23)7-11/h1,3,5,7,9-10,12,23H,2,4,6,8H2,(H,22,24). The van der Waals surface area contributed by atoms with Crippen LogP contribution < -0.4 is 5.32 Å². The number of amides is 1. The average Bonchev–Trinajstić information content (AvgIpc) is 2.86. The van der Waals surface area contributed by atoms with E-state index in [2.05, 4.69) is 15.3 Å². The molecule has 0 bridgehead atoms. The maximum Gasteiger partial charge on any atom is 0.251 e. The zero-order valence-corrected chi connectivity index (χ0v) is 12.9. The van der Waals surface area contributed by atoms with Crippen molar-refractivity contribution in [3.63, 3.8) is 0 Å². The van der Waals surface area contributed by atoms with Gasteiger partial charge in [0.2, 0.25) is 5.91 Å². The predicted molar refractivity (Wildman–Crippen MR) is 84.7 cm³/mol. The third-order valence-electron chi connectivity index (χ3n) is 4.13. The first-order valence-corrected chi connectivity index (χ1v) is 7.73. The molecule has 1 aromatic heterocycles. The molecule has 1 heterocycles. The molecular formula is C17H17F2N3O2. The molecule has 0 radical (unpaired) electrons. The third kappa shape index (κ3) is 3.67. The van der Waals surface area contributed by atoms with Crippen molar-refractivity contribution in [2.45, 2.75) is 31.6 Å². The van der Waals surface area contributed by atoms with Crippen molar-refractivity contribution in [2.75, 3.05) is 5.32 Å². The summed E-state index contributed by atoms with van der Waals surface area (Å²) in [4.78, 5) is 20.2. The summed E-state index contributed by atoms with van der Waals surface area (Å²) in [7, 11) is 0. The van der Waals surface area contributed by atoms with Crippen molar-refractivity contribution in [1.82, 2.24) is 9.97 Å². The molecule has 24 heavy (non-hydrogen) atoms. The number of halogens is 2. The van der Waals surface area contributed by atoms with Crippen LogP contribution in [0.25, 0.3) is 11.4 Å². The van der Waals surface area contributed by atoms with Crippen LogP contribution >= 0.6 is 0 Å². The number of hydrogen-bond acceptors (Lipinski definition) is 4. The smallest absolute Gasteiger partial charge is 0.251 e. The summed E-state index contributed by atoms with van der Waals surface area (Å²) < 4.78 is 27.1. The lowest BCUT2D eigenvalue weighted by Gasteiger charge is -2.18. The first kappa shape index (κ1) is 16.3. The number of benzene rings is 1. The summed E-state index contributed by atoms with van der Waals surface area (Å²) in [6.45, 7) is 0. The molecule has 0 aliphatic heterocycles. The van der Waals surface area contributed by atoms with Gasteiger partial charge in [-0.05, 0) is 25.0 Å². The van der Waals surface area contributed by atoms with Gasteiger partial charge < -0.3 is 10.4 Å². The first-order chi connectivity index (χ1) is 11.4. The van der Waals surface area contributed by atoms with Gasteiger partial charge >= 0.3 is 0 Å². The molecule has 126 valence electrons. The number of aromatic hydroxyl groups is 1. The number of hydrogen-bond donors (Lipinski definition) is 2. The Morgan fingerprint density at radius 3 is 2.71 bits per heavy atom. The molecule has 1 unspecified atom stereocenters. The Morgan fingerprint density at radius 2 is 2.08 bits per heavy atom. The van der Waals surface area contributed by atoms with Gasteiger partial charge in [-0.15, -0.1) is 0 Å². The van der Waals surface area contributed by atoms with Crippen LogP contribution in [0.4, 0.5) is 14.5 Å². The van der Waals surface area contributed by atoms with Gasteiger partial charge in [-0.25, -0.2) is 18.7 Å². The van der Waals surface area contributed by atoms with Gasteiger partial charge in [-0.1, -0.05) is 12.1 Å². The molecule has 1 fully saturated rings. The molecule has 1 saturated carbocycles. The number of phenols is 1. The number of aromatic nitrogens is 2. The van der Waals surface area contributed by atoms with Gasteiger partial charge in [0.15, 0.2) is 5.82 Å². The highest BCUT2D eigenvalue weighted by Crippen LogP contribution is 2.42. The first-order valence-electron chi connectivity index (χ1n) is 7.73. The van der Waals surface area contributed by atoms with Crippen LogP contribution in [0.3, 0.4) is 0 Å². The molecule has 1 aromatic carbocycles. The zero-order chi connectivity index (χ0) is 17.2. The fourth-order valence-electron chi connectivity index (χ4n) is 2.87. The van der Waals surface area contributed by atoms with Gasteiger partial charge in [-0.3, -0.25) is 4.79 Å². The lowest BCUT2D eigenvalue weighted by Crippen LogP contribution is -2.26. The molecule has 2 N–H and O–H groups in total. The molecule has 1 atom stereocenters. The number of nitrogens with zero attached hydrogens (tertiary/aromatic N) is 2. The van der Waals surface area contributed by atoms with E-state index in [1.165, 1.54) is 24.5 Å². The van der Waals surface area contributed by atoms with E-state index < -0.39 is 17.7 Å². The Kier molecular flexibility index (Phi) is 4.42. The minimum absolute atomic E-state index is 0.103. The van der Waals surface area contributed by atoms with Crippen molar-refractivity contribution in [2.24, 2.45) is 5.92 Å². The molecule has 5 nitrogen and oxygen atoms in total. The van der Waals surface area contributed by atoms with Crippen molar-refractivity contribution >= 4 is 11.6 Å². The largest absolute Gasteiger partial charge is 0.508 e. The zero-order valence-electron chi connectivity index (χ0n) is 12.9. The number of carbonyl (C=O) groups is 1. The number of rotatable bonds is 4. The summed E-state index contributed by atoms with van der Waals surface area (Å²) >= 11 is 0. The van der Waals surface area contributed by atoms with Gasteiger partial charge in [-0.2, -0.15) is 0 Å². The molecule has 3 rings (SSSR count). The van der Waals surface area contributed by atoms with Crippen molar-refractivity contribution < 1.29 is 18.7 Å². The quantitative estimate of drug-likeness (QED) is 0.896. The fourth-order valence-corrected chi connectivity index (χ4v) is 2.87. The molecule has 1 aliphatic rings. The number of carbonyl (C=O) groups excluding carboxylic acids is 1. The summed E-state index contributed by atoms with van der Waals surface area (Å²) in [6, 6.07) is 6.48. The SMILES string of the molecule is O=C(CC1CCCC1(F)F)Nc1cnc(-c2cccc(O)c2)nc1. The fraction of sp³-hybridized carbons (Fsp3) is 0.353. The highest BCUT2D eigenvalue weighted by Gasteiger charge is 2.44. The highest BCUT2D eigenvalue weighted by atomic mass is 19.3. The van der Waals surface area contributed by atoms with Crippen LogP contribution in [0.1, 0.15) is 25.7 Å². The number of anilines is 1. The summed E-state index contributed by atoms with van der Waals surface area (Å²) in [5.74, 6) is -3.62. The van der Waals surface area contributed by atoms with Crippen molar-refractivity contribution in [1.29, 1.82) is 0 Å². The van der Waals surface area contributed by atoms with Crippen molar-refractivity contribution in [3.05, 3.63) is 36.7 Å². The van der Waals surface area contributed by atoms with E-state index in [1.807, 2.05) is 0 Å². The highest BCUT2D eigenvalue weighted by molar-refractivity contribution is 5.90. The van der Waals surface area contributed by atoms with Crippen LogP contribution in [-0.2, 0) is 4.79 Å². The third-order valence-corrected chi connectivity index (χ3v) is 4.13. The van der Waals surface area contributed by atoms with E-state index in [0.717, 1.165) is 0 Å². The second-order valence-corrected chi connectivity index (χ2v) is 5.95. The number of phenolic OH excluding ortho intramolecular Hbond substituents is 1. The molecule has 2 aromatic rings. The Hall–Kier alpha value is -2.57. The minimum Gasteiger partial charge on any atom is -0.508 e. The second-order valence-electron chi connectivity index (χ2n) is 5.95. The van der Waals surface area contributed by atoms with Crippen LogP contribution in [0.2, 0.25) is 0 Å². The Labute approximate surface area is 137 Å². The molecule has 1 aliphatic carbocycles. The lowest BCUT2D eigenvalue weighted by molar-refractivity contribution is -0.120. The number of nitrogens with one attached hydrogen (secondary N) is 1. The summed E-state index contributed by atoms with van der Waals surface area (Å²) in [5.41, 5.74) is 0.990. The van der Waals surface area contributed by atoms with Crippen LogP contribution in [-0.4, -0.2) is 26.9 Å². The summed E-state index contributed by atoms with van der Waals surface area (Å²) in [6.07, 6.45) is 3.29. The van der Waals surface area contributed by atoms with E-state index in [4.69, 9.17) is 0 Å². The monoisotopic (exact) mass is 333 g/mol. The molecule has 0 saturated heterocycles. The molecule has 1 amide bonds. The Balaban J connectivity index is 1.63. The van der Waals surface area contributed by atoms with Gasteiger partial charge in [0.25, 0.3) is 5.92 Å². The van der Waals surface area contributed by atoms with E-state index in [1.54, 1.807) is 12.1 Å². The Bertz CT molecular complexity index is 735.